The number of hydrogen-bond donors (Lipinski definition) is 2. The van der Waals surface area contributed by atoms with E-state index in [4.69, 9.17) is 16.3 Å². The summed E-state index contributed by atoms with van der Waals surface area (Å²) in [5.74, 6) is 0.604. The number of ether oxygens (including phenoxy) is 1. The molecular formula is C16H16BrClN2O2. The van der Waals surface area contributed by atoms with E-state index < -0.39 is 0 Å². The van der Waals surface area contributed by atoms with E-state index in [1.165, 1.54) is 0 Å². The maximum absolute atomic E-state index is 11.8. The lowest BCUT2D eigenvalue weighted by atomic mass is 10.2. The van der Waals surface area contributed by atoms with E-state index in [-0.39, 0.29) is 6.03 Å². The van der Waals surface area contributed by atoms with Crippen molar-refractivity contribution < 1.29 is 9.53 Å². The van der Waals surface area contributed by atoms with Gasteiger partial charge in [0.25, 0.3) is 0 Å². The van der Waals surface area contributed by atoms with Gasteiger partial charge in [0.05, 0.1) is 17.3 Å². The van der Waals surface area contributed by atoms with Crippen LogP contribution in [0.4, 0.5) is 10.5 Å². The van der Waals surface area contributed by atoms with Gasteiger partial charge in [0.15, 0.2) is 0 Å². The molecule has 6 heteroatoms. The monoisotopic (exact) mass is 382 g/mol. The average Bonchev–Trinajstić information content (AvgIpc) is 2.48. The lowest BCUT2D eigenvalue weighted by Gasteiger charge is -2.11. The van der Waals surface area contributed by atoms with Crippen molar-refractivity contribution in [1.29, 1.82) is 0 Å². The van der Waals surface area contributed by atoms with Gasteiger partial charge in [-0.3, -0.25) is 0 Å². The summed E-state index contributed by atoms with van der Waals surface area (Å²) in [6.07, 6.45) is 0. The van der Waals surface area contributed by atoms with E-state index in [0.29, 0.717) is 23.9 Å². The molecule has 0 aliphatic rings. The van der Waals surface area contributed by atoms with Gasteiger partial charge >= 0.3 is 6.03 Å². The Kier molecular flexibility index (Phi) is 6.10. The van der Waals surface area contributed by atoms with Gasteiger partial charge in [0.2, 0.25) is 0 Å². The van der Waals surface area contributed by atoms with E-state index in [9.17, 15) is 4.79 Å². The van der Waals surface area contributed by atoms with E-state index in [0.717, 1.165) is 15.7 Å². The van der Waals surface area contributed by atoms with Crippen LogP contribution < -0.4 is 15.4 Å². The molecule has 0 fully saturated rings. The van der Waals surface area contributed by atoms with Crippen molar-refractivity contribution in [3.8, 4) is 5.75 Å². The Balaban J connectivity index is 1.75. The summed E-state index contributed by atoms with van der Waals surface area (Å²) in [5.41, 5.74) is 1.83. The number of nitrogens with one attached hydrogen (secondary N) is 2. The molecule has 0 spiro atoms. The summed E-state index contributed by atoms with van der Waals surface area (Å²) in [6, 6.07) is 12.7. The number of halogens is 2. The van der Waals surface area contributed by atoms with Crippen molar-refractivity contribution in [3.63, 3.8) is 0 Å². The average molecular weight is 384 g/mol. The zero-order chi connectivity index (χ0) is 15.9. The number of urea groups is 1. The van der Waals surface area contributed by atoms with Crippen molar-refractivity contribution >= 4 is 39.2 Å². The predicted octanol–water partition coefficient (Wildman–Crippen LogP) is 4.61. The fraction of sp³-hybridized carbons (Fsp3) is 0.188. The molecule has 2 aromatic carbocycles. The Hall–Kier alpha value is -1.72. The van der Waals surface area contributed by atoms with Crippen LogP contribution in [0.3, 0.4) is 0 Å². The summed E-state index contributed by atoms with van der Waals surface area (Å²) >= 11 is 9.39. The number of amides is 2. The number of rotatable bonds is 5. The second-order valence-electron chi connectivity index (χ2n) is 4.64. The molecule has 0 heterocycles. The first-order valence-corrected chi connectivity index (χ1v) is 7.91. The molecule has 0 bridgehead atoms. The Labute approximate surface area is 142 Å². The fourth-order valence-corrected chi connectivity index (χ4v) is 2.56. The molecular weight excluding hydrogens is 368 g/mol. The van der Waals surface area contributed by atoms with Gasteiger partial charge in [0, 0.05) is 4.47 Å². The van der Waals surface area contributed by atoms with Gasteiger partial charge in [-0.1, -0.05) is 29.8 Å². The van der Waals surface area contributed by atoms with Crippen LogP contribution in [-0.2, 0) is 0 Å². The molecule has 0 aliphatic heterocycles. The number of carbonyl (C=O) groups excluding carboxylic acids is 1. The van der Waals surface area contributed by atoms with Crippen LogP contribution >= 0.6 is 27.5 Å². The van der Waals surface area contributed by atoms with Crippen LogP contribution in [0.5, 0.6) is 5.75 Å². The van der Waals surface area contributed by atoms with Crippen LogP contribution in [0, 0.1) is 6.92 Å². The predicted molar refractivity (Wildman–Crippen MR) is 92.8 cm³/mol. The smallest absolute Gasteiger partial charge is 0.319 e. The highest BCUT2D eigenvalue weighted by molar-refractivity contribution is 9.10. The zero-order valence-electron chi connectivity index (χ0n) is 12.0. The topological polar surface area (TPSA) is 50.4 Å². The summed E-state index contributed by atoms with van der Waals surface area (Å²) in [6.45, 7) is 2.70. The highest BCUT2D eigenvalue weighted by Gasteiger charge is 2.05. The number of para-hydroxylation sites is 1. The minimum atomic E-state index is -0.285. The highest BCUT2D eigenvalue weighted by atomic mass is 79.9. The van der Waals surface area contributed by atoms with Crippen molar-refractivity contribution in [2.75, 3.05) is 18.5 Å². The van der Waals surface area contributed by atoms with Crippen molar-refractivity contribution in [3.05, 3.63) is 57.5 Å². The quantitative estimate of drug-likeness (QED) is 0.741. The minimum Gasteiger partial charge on any atom is -0.490 e. The highest BCUT2D eigenvalue weighted by Crippen LogP contribution is 2.23. The molecule has 0 radical (unpaired) electrons. The van der Waals surface area contributed by atoms with Gasteiger partial charge in [-0.25, -0.2) is 4.79 Å². The minimum absolute atomic E-state index is 0.285. The Morgan fingerprint density at radius 1 is 1.27 bits per heavy atom. The Morgan fingerprint density at radius 2 is 2.05 bits per heavy atom. The summed E-state index contributed by atoms with van der Waals surface area (Å²) in [5, 5.41) is 6.04. The molecule has 0 aliphatic carbocycles. The normalized spacial score (nSPS) is 10.1. The van der Waals surface area contributed by atoms with Gasteiger partial charge in [0.1, 0.15) is 12.4 Å². The van der Waals surface area contributed by atoms with Gasteiger partial charge < -0.3 is 15.4 Å². The number of anilines is 1. The summed E-state index contributed by atoms with van der Waals surface area (Å²) < 4.78 is 6.34. The maximum atomic E-state index is 11.8. The fourth-order valence-electron chi connectivity index (χ4n) is 1.78. The lowest BCUT2D eigenvalue weighted by molar-refractivity contribution is 0.247. The molecule has 2 N–H and O–H groups in total. The first kappa shape index (κ1) is 16.6. The third-order valence-corrected chi connectivity index (χ3v) is 3.82. The molecule has 2 aromatic rings. The second-order valence-corrected chi connectivity index (χ2v) is 5.90. The van der Waals surface area contributed by atoms with Gasteiger partial charge in [-0.05, 0) is 52.7 Å². The third-order valence-electron chi connectivity index (χ3n) is 2.85. The van der Waals surface area contributed by atoms with E-state index in [2.05, 4.69) is 26.6 Å². The van der Waals surface area contributed by atoms with Crippen LogP contribution in [0.25, 0.3) is 0 Å². The van der Waals surface area contributed by atoms with Crippen molar-refractivity contribution in [1.82, 2.24) is 5.32 Å². The van der Waals surface area contributed by atoms with Crippen LogP contribution in [0.15, 0.2) is 46.9 Å². The number of benzene rings is 2. The zero-order valence-corrected chi connectivity index (χ0v) is 14.4. The van der Waals surface area contributed by atoms with Gasteiger partial charge in [-0.15, -0.1) is 0 Å². The standard InChI is InChI=1S/C16H16BrClN2O2/c1-11-6-7-14(12(17)10-11)20-16(21)19-8-9-22-15-5-3-2-4-13(15)18/h2-7,10H,8-9H2,1H3,(H2,19,20,21). The van der Waals surface area contributed by atoms with Gasteiger partial charge in [-0.2, -0.15) is 0 Å². The molecule has 2 amide bonds. The van der Waals surface area contributed by atoms with Crippen LogP contribution in [-0.4, -0.2) is 19.2 Å². The van der Waals surface area contributed by atoms with Crippen LogP contribution in [0.2, 0.25) is 5.02 Å². The maximum Gasteiger partial charge on any atom is 0.319 e. The largest absolute Gasteiger partial charge is 0.490 e. The van der Waals surface area contributed by atoms with E-state index in [1.54, 1.807) is 12.1 Å². The third kappa shape index (κ3) is 4.93. The van der Waals surface area contributed by atoms with Crippen molar-refractivity contribution in [2.45, 2.75) is 6.92 Å². The second kappa shape index (κ2) is 8.06. The number of carbonyl (C=O) groups is 1. The molecule has 22 heavy (non-hydrogen) atoms. The van der Waals surface area contributed by atoms with Crippen LogP contribution in [0.1, 0.15) is 5.56 Å². The molecule has 0 saturated heterocycles. The molecule has 4 nitrogen and oxygen atoms in total. The van der Waals surface area contributed by atoms with E-state index in [1.807, 2.05) is 37.3 Å². The molecule has 0 unspecified atom stereocenters. The number of aryl methyl sites for hydroxylation is 1. The number of hydrogen-bond acceptors (Lipinski definition) is 2. The Bertz CT molecular complexity index is 664. The van der Waals surface area contributed by atoms with E-state index >= 15 is 0 Å². The lowest BCUT2D eigenvalue weighted by Crippen LogP contribution is -2.32. The molecule has 0 atom stereocenters. The first-order valence-electron chi connectivity index (χ1n) is 6.74. The molecule has 2 rings (SSSR count). The van der Waals surface area contributed by atoms with Crippen molar-refractivity contribution in [2.24, 2.45) is 0 Å². The SMILES string of the molecule is Cc1ccc(NC(=O)NCCOc2ccccc2Cl)c(Br)c1. The molecule has 0 aromatic heterocycles. The Morgan fingerprint density at radius 3 is 2.77 bits per heavy atom. The summed E-state index contributed by atoms with van der Waals surface area (Å²) in [7, 11) is 0. The molecule has 116 valence electrons. The first-order chi connectivity index (χ1) is 10.6. The summed E-state index contributed by atoms with van der Waals surface area (Å²) in [4.78, 5) is 11.8. The molecule has 0 saturated carbocycles.